The highest BCUT2D eigenvalue weighted by Crippen LogP contribution is 2.34. The molecule has 1 aliphatic rings. The van der Waals surface area contributed by atoms with Gasteiger partial charge in [0.05, 0.1) is 17.7 Å². The van der Waals surface area contributed by atoms with Crippen molar-refractivity contribution in [3.8, 4) is 0 Å². The zero-order valence-electron chi connectivity index (χ0n) is 9.13. The summed E-state index contributed by atoms with van der Waals surface area (Å²) in [6.45, 7) is 0. The number of fused-ring (bicyclic) bond motifs is 1. The van der Waals surface area contributed by atoms with E-state index in [1.54, 1.807) is 6.07 Å². The Morgan fingerprint density at radius 1 is 1.56 bits per heavy atom. The number of carbonyl (C=O) groups is 1. The number of ether oxygens (including phenoxy) is 1. The fourth-order valence-corrected chi connectivity index (χ4v) is 2.48. The van der Waals surface area contributed by atoms with Gasteiger partial charge in [-0.25, -0.2) is 4.79 Å². The Kier molecular flexibility index (Phi) is 3.17. The van der Waals surface area contributed by atoms with Crippen molar-refractivity contribution >= 4 is 17.6 Å². The predicted octanol–water partition coefficient (Wildman–Crippen LogP) is 2.46. The van der Waals surface area contributed by atoms with Crippen molar-refractivity contribution in [2.24, 2.45) is 5.73 Å². The molecule has 1 atom stereocenters. The number of nitrogens with two attached hydrogens (primary N) is 1. The lowest BCUT2D eigenvalue weighted by molar-refractivity contribution is 0.0599. The lowest BCUT2D eigenvalue weighted by Gasteiger charge is -2.24. The highest BCUT2D eigenvalue weighted by molar-refractivity contribution is 6.33. The van der Waals surface area contributed by atoms with E-state index in [1.165, 1.54) is 7.11 Å². The quantitative estimate of drug-likeness (QED) is 0.766. The summed E-state index contributed by atoms with van der Waals surface area (Å²) < 4.78 is 4.75. The van der Waals surface area contributed by atoms with E-state index in [1.807, 2.05) is 6.07 Å². The molecule has 1 aliphatic carbocycles. The Hall–Kier alpha value is -1.06. The standard InChI is InChI=1S/C12H14ClNO2/c1-16-12(15)11-8-3-2-4-10(14)7(8)5-6-9(11)13/h5-6,10H,2-4,14H2,1H3/t10-/m1/s1. The molecule has 0 amide bonds. The smallest absolute Gasteiger partial charge is 0.339 e. The average molecular weight is 240 g/mol. The first-order valence-electron chi connectivity index (χ1n) is 5.30. The van der Waals surface area contributed by atoms with E-state index in [9.17, 15) is 4.79 Å². The summed E-state index contributed by atoms with van der Waals surface area (Å²) >= 11 is 6.04. The van der Waals surface area contributed by atoms with Crippen LogP contribution in [0.4, 0.5) is 0 Å². The summed E-state index contributed by atoms with van der Waals surface area (Å²) in [5.74, 6) is -0.379. The van der Waals surface area contributed by atoms with Gasteiger partial charge in [0.2, 0.25) is 0 Å². The van der Waals surface area contributed by atoms with E-state index in [2.05, 4.69) is 0 Å². The van der Waals surface area contributed by atoms with Crippen molar-refractivity contribution in [2.75, 3.05) is 7.11 Å². The Balaban J connectivity index is 2.58. The van der Waals surface area contributed by atoms with Crippen LogP contribution in [-0.2, 0) is 11.2 Å². The largest absolute Gasteiger partial charge is 0.465 e. The van der Waals surface area contributed by atoms with Gasteiger partial charge in [0, 0.05) is 6.04 Å². The van der Waals surface area contributed by atoms with Crippen molar-refractivity contribution in [3.63, 3.8) is 0 Å². The first-order chi connectivity index (χ1) is 7.65. The monoisotopic (exact) mass is 239 g/mol. The second-order valence-corrected chi connectivity index (χ2v) is 4.39. The molecule has 0 saturated carbocycles. The summed E-state index contributed by atoms with van der Waals surface area (Å²) in [4.78, 5) is 11.7. The molecule has 0 spiro atoms. The van der Waals surface area contributed by atoms with Crippen LogP contribution in [0.25, 0.3) is 0 Å². The molecule has 0 heterocycles. The van der Waals surface area contributed by atoms with Gasteiger partial charge in [0.25, 0.3) is 0 Å². The minimum atomic E-state index is -0.379. The van der Waals surface area contributed by atoms with Crippen molar-refractivity contribution in [1.82, 2.24) is 0 Å². The molecule has 0 bridgehead atoms. The molecule has 1 aromatic rings. The molecule has 0 saturated heterocycles. The zero-order chi connectivity index (χ0) is 11.7. The number of esters is 1. The molecular weight excluding hydrogens is 226 g/mol. The number of hydrogen-bond donors (Lipinski definition) is 1. The minimum absolute atomic E-state index is 0.00410. The third kappa shape index (κ3) is 1.81. The topological polar surface area (TPSA) is 52.3 Å². The van der Waals surface area contributed by atoms with Crippen molar-refractivity contribution in [1.29, 1.82) is 0 Å². The highest BCUT2D eigenvalue weighted by atomic mass is 35.5. The van der Waals surface area contributed by atoms with Gasteiger partial charge in [-0.2, -0.15) is 0 Å². The van der Waals surface area contributed by atoms with E-state index in [4.69, 9.17) is 22.1 Å². The third-order valence-corrected chi connectivity index (χ3v) is 3.34. The summed E-state index contributed by atoms with van der Waals surface area (Å²) in [7, 11) is 1.36. The van der Waals surface area contributed by atoms with Gasteiger partial charge in [-0.3, -0.25) is 0 Å². The molecule has 0 fully saturated rings. The maximum Gasteiger partial charge on any atom is 0.339 e. The summed E-state index contributed by atoms with van der Waals surface area (Å²) in [5, 5.41) is 0.444. The second-order valence-electron chi connectivity index (χ2n) is 3.98. The minimum Gasteiger partial charge on any atom is -0.465 e. The number of hydrogen-bond acceptors (Lipinski definition) is 3. The molecule has 0 aromatic heterocycles. The van der Waals surface area contributed by atoms with Gasteiger partial charge in [0.15, 0.2) is 0 Å². The van der Waals surface area contributed by atoms with Crippen molar-refractivity contribution in [3.05, 3.63) is 33.8 Å². The van der Waals surface area contributed by atoms with Gasteiger partial charge in [-0.05, 0) is 36.5 Å². The lowest BCUT2D eigenvalue weighted by atomic mass is 9.85. The zero-order valence-corrected chi connectivity index (χ0v) is 9.88. The summed E-state index contributed by atoms with van der Waals surface area (Å²) in [6.07, 6.45) is 2.78. The van der Waals surface area contributed by atoms with E-state index in [0.29, 0.717) is 10.6 Å². The number of methoxy groups -OCH3 is 1. The number of benzene rings is 1. The molecule has 86 valence electrons. The number of carbonyl (C=O) groups excluding carboxylic acids is 1. The second kappa shape index (κ2) is 4.44. The van der Waals surface area contributed by atoms with E-state index >= 15 is 0 Å². The molecule has 2 rings (SSSR count). The summed E-state index contributed by atoms with van der Waals surface area (Å²) in [5.41, 5.74) is 8.48. The van der Waals surface area contributed by atoms with E-state index in [-0.39, 0.29) is 12.0 Å². The Morgan fingerprint density at radius 2 is 2.31 bits per heavy atom. The highest BCUT2D eigenvalue weighted by Gasteiger charge is 2.24. The van der Waals surface area contributed by atoms with Crippen LogP contribution in [0.15, 0.2) is 12.1 Å². The van der Waals surface area contributed by atoms with Crippen LogP contribution in [-0.4, -0.2) is 13.1 Å². The van der Waals surface area contributed by atoms with Crippen LogP contribution in [0, 0.1) is 0 Å². The Labute approximate surface area is 99.5 Å². The van der Waals surface area contributed by atoms with Gasteiger partial charge in [-0.1, -0.05) is 17.7 Å². The number of rotatable bonds is 1. The molecule has 0 unspecified atom stereocenters. The maximum absolute atomic E-state index is 11.7. The molecule has 0 aliphatic heterocycles. The van der Waals surface area contributed by atoms with E-state index in [0.717, 1.165) is 30.4 Å². The Morgan fingerprint density at radius 3 is 3.00 bits per heavy atom. The molecule has 1 aromatic carbocycles. The Bertz CT molecular complexity index is 431. The molecule has 4 heteroatoms. The van der Waals surface area contributed by atoms with Crippen LogP contribution in [0.5, 0.6) is 0 Å². The fourth-order valence-electron chi connectivity index (χ4n) is 2.23. The molecule has 16 heavy (non-hydrogen) atoms. The first kappa shape index (κ1) is 11.4. The number of halogens is 1. The third-order valence-electron chi connectivity index (χ3n) is 3.03. The van der Waals surface area contributed by atoms with Crippen LogP contribution in [0.2, 0.25) is 5.02 Å². The van der Waals surface area contributed by atoms with Gasteiger partial charge < -0.3 is 10.5 Å². The average Bonchev–Trinajstić information content (AvgIpc) is 2.28. The lowest BCUT2D eigenvalue weighted by Crippen LogP contribution is -2.20. The predicted molar refractivity (Wildman–Crippen MR) is 62.7 cm³/mol. The summed E-state index contributed by atoms with van der Waals surface area (Å²) in [6, 6.07) is 3.63. The van der Waals surface area contributed by atoms with E-state index < -0.39 is 0 Å². The van der Waals surface area contributed by atoms with Gasteiger partial charge in [0.1, 0.15) is 0 Å². The van der Waals surface area contributed by atoms with Gasteiger partial charge >= 0.3 is 5.97 Å². The van der Waals surface area contributed by atoms with Crippen LogP contribution < -0.4 is 5.73 Å². The first-order valence-corrected chi connectivity index (χ1v) is 5.68. The van der Waals surface area contributed by atoms with Crippen LogP contribution in [0.1, 0.15) is 40.4 Å². The van der Waals surface area contributed by atoms with Crippen LogP contribution >= 0.6 is 11.6 Å². The van der Waals surface area contributed by atoms with Gasteiger partial charge in [-0.15, -0.1) is 0 Å². The normalized spacial score (nSPS) is 19.1. The molecule has 0 radical (unpaired) electrons. The maximum atomic E-state index is 11.7. The molecular formula is C12H14ClNO2. The van der Waals surface area contributed by atoms with Crippen molar-refractivity contribution < 1.29 is 9.53 Å². The molecule has 3 nitrogen and oxygen atoms in total. The fraction of sp³-hybridized carbons (Fsp3) is 0.417. The van der Waals surface area contributed by atoms with Crippen LogP contribution in [0.3, 0.4) is 0 Å². The SMILES string of the molecule is COC(=O)c1c(Cl)ccc2c1CCC[C@H]2N. The molecule has 2 N–H and O–H groups in total. The van der Waals surface area contributed by atoms with Crippen molar-refractivity contribution in [2.45, 2.75) is 25.3 Å².